The third-order valence-electron chi connectivity index (χ3n) is 1.84. The molecule has 0 saturated carbocycles. The average Bonchev–Trinajstić information content (AvgIpc) is 2.35. The maximum absolute atomic E-state index is 11.5. The van der Waals surface area contributed by atoms with Crippen LogP contribution in [0.25, 0.3) is 0 Å². The number of methoxy groups -OCH3 is 1. The van der Waals surface area contributed by atoms with E-state index in [1.807, 2.05) is 6.26 Å². The molecule has 0 aromatic carbocycles. The van der Waals surface area contributed by atoms with Crippen LogP contribution in [0.15, 0.2) is 17.4 Å². The molecule has 0 fully saturated rings. The SMILES string of the molecule is COC(=O)C(OC(C)=O)c1cc(SC)ncn1. The first-order valence-electron chi connectivity index (χ1n) is 4.69. The van der Waals surface area contributed by atoms with Crippen LogP contribution in [0.3, 0.4) is 0 Å². The van der Waals surface area contributed by atoms with Gasteiger partial charge in [0.25, 0.3) is 0 Å². The third-order valence-corrected chi connectivity index (χ3v) is 2.48. The van der Waals surface area contributed by atoms with Crippen molar-refractivity contribution >= 4 is 23.7 Å². The summed E-state index contributed by atoms with van der Waals surface area (Å²) in [6.07, 6.45) is 2.00. The summed E-state index contributed by atoms with van der Waals surface area (Å²) in [5, 5.41) is 0.677. The highest BCUT2D eigenvalue weighted by Crippen LogP contribution is 2.20. The summed E-state index contributed by atoms with van der Waals surface area (Å²) in [5.41, 5.74) is 0.298. The number of carbonyl (C=O) groups excluding carboxylic acids is 2. The van der Waals surface area contributed by atoms with Crippen molar-refractivity contribution < 1.29 is 19.1 Å². The summed E-state index contributed by atoms with van der Waals surface area (Å²) in [5.74, 6) is -1.25. The van der Waals surface area contributed by atoms with Crippen molar-refractivity contribution in [3.63, 3.8) is 0 Å². The highest BCUT2D eigenvalue weighted by atomic mass is 32.2. The Bertz CT molecular complexity index is 425. The number of hydrogen-bond acceptors (Lipinski definition) is 7. The number of ether oxygens (including phenoxy) is 2. The van der Waals surface area contributed by atoms with Gasteiger partial charge in [-0.3, -0.25) is 4.79 Å². The van der Waals surface area contributed by atoms with Crippen LogP contribution in [0, 0.1) is 0 Å². The van der Waals surface area contributed by atoms with Gasteiger partial charge in [0.05, 0.1) is 17.8 Å². The van der Waals surface area contributed by atoms with Gasteiger partial charge in [-0.15, -0.1) is 11.8 Å². The van der Waals surface area contributed by atoms with Crippen LogP contribution in [-0.2, 0) is 19.1 Å². The van der Waals surface area contributed by atoms with Gasteiger partial charge in [-0.05, 0) is 12.3 Å². The molecule has 1 unspecified atom stereocenters. The number of rotatable bonds is 4. The van der Waals surface area contributed by atoms with Gasteiger partial charge in [-0.1, -0.05) is 0 Å². The van der Waals surface area contributed by atoms with Gasteiger partial charge in [0.15, 0.2) is 0 Å². The van der Waals surface area contributed by atoms with Gasteiger partial charge in [0, 0.05) is 6.92 Å². The van der Waals surface area contributed by atoms with E-state index < -0.39 is 18.0 Å². The minimum atomic E-state index is -1.15. The zero-order chi connectivity index (χ0) is 12.8. The Morgan fingerprint density at radius 2 is 2.12 bits per heavy atom. The largest absolute Gasteiger partial charge is 0.466 e. The number of thioether (sulfide) groups is 1. The molecule has 0 bridgehead atoms. The molecule has 1 rings (SSSR count). The van der Waals surface area contributed by atoms with E-state index in [0.717, 1.165) is 0 Å². The molecule has 0 aliphatic carbocycles. The summed E-state index contributed by atoms with van der Waals surface area (Å²) in [7, 11) is 1.22. The molecular weight excluding hydrogens is 244 g/mol. The molecule has 17 heavy (non-hydrogen) atoms. The van der Waals surface area contributed by atoms with Crippen LogP contribution < -0.4 is 0 Å². The smallest absolute Gasteiger partial charge is 0.353 e. The number of hydrogen-bond donors (Lipinski definition) is 0. The Hall–Kier alpha value is -1.63. The second kappa shape index (κ2) is 6.19. The van der Waals surface area contributed by atoms with Crippen molar-refractivity contribution in [1.29, 1.82) is 0 Å². The molecule has 0 aliphatic heterocycles. The van der Waals surface area contributed by atoms with E-state index in [1.54, 1.807) is 6.07 Å². The van der Waals surface area contributed by atoms with Crippen molar-refractivity contribution in [1.82, 2.24) is 9.97 Å². The standard InChI is InChI=1S/C10H12N2O4S/c1-6(13)16-9(10(14)15-2)7-4-8(17-3)12-5-11-7/h4-5,9H,1-3H3. The molecule has 1 aromatic rings. The van der Waals surface area contributed by atoms with Crippen LogP contribution in [0.4, 0.5) is 0 Å². The fourth-order valence-corrected chi connectivity index (χ4v) is 1.50. The van der Waals surface area contributed by atoms with Gasteiger partial charge in [0.1, 0.15) is 6.33 Å². The van der Waals surface area contributed by atoms with Gasteiger partial charge in [-0.25, -0.2) is 14.8 Å². The predicted octanol–water partition coefficient (Wildman–Crippen LogP) is 0.976. The summed E-state index contributed by atoms with van der Waals surface area (Å²) in [6, 6.07) is 1.58. The van der Waals surface area contributed by atoms with E-state index in [0.29, 0.717) is 10.7 Å². The van der Waals surface area contributed by atoms with Gasteiger partial charge in [-0.2, -0.15) is 0 Å². The lowest BCUT2D eigenvalue weighted by Crippen LogP contribution is -2.21. The maximum atomic E-state index is 11.5. The second-order valence-corrected chi connectivity index (χ2v) is 3.82. The van der Waals surface area contributed by atoms with Crippen LogP contribution in [0.5, 0.6) is 0 Å². The Morgan fingerprint density at radius 1 is 1.41 bits per heavy atom. The first kappa shape index (κ1) is 13.4. The first-order chi connectivity index (χ1) is 8.08. The molecule has 0 aliphatic rings. The van der Waals surface area contributed by atoms with Crippen LogP contribution in [-0.4, -0.2) is 35.3 Å². The fourth-order valence-electron chi connectivity index (χ4n) is 1.11. The van der Waals surface area contributed by atoms with Crippen molar-refractivity contribution in [3.8, 4) is 0 Å². The molecule has 1 heterocycles. The van der Waals surface area contributed by atoms with Crippen LogP contribution in [0.1, 0.15) is 18.7 Å². The lowest BCUT2D eigenvalue weighted by Gasteiger charge is -2.14. The molecule has 0 amide bonds. The van der Waals surface area contributed by atoms with Gasteiger partial charge < -0.3 is 9.47 Å². The zero-order valence-electron chi connectivity index (χ0n) is 9.67. The summed E-state index contributed by atoms with van der Waals surface area (Å²) < 4.78 is 9.43. The van der Waals surface area contributed by atoms with Gasteiger partial charge in [0.2, 0.25) is 6.10 Å². The number of aromatic nitrogens is 2. The highest BCUT2D eigenvalue weighted by Gasteiger charge is 2.26. The third kappa shape index (κ3) is 3.70. The summed E-state index contributed by atoms with van der Waals surface area (Å²) in [6.45, 7) is 1.21. The Balaban J connectivity index is 3.02. The predicted molar refractivity (Wildman–Crippen MR) is 60.3 cm³/mol. The van der Waals surface area contributed by atoms with Crippen molar-refractivity contribution in [2.75, 3.05) is 13.4 Å². The summed E-state index contributed by atoms with van der Waals surface area (Å²) >= 11 is 1.39. The fraction of sp³-hybridized carbons (Fsp3) is 0.400. The van der Waals surface area contributed by atoms with E-state index in [9.17, 15) is 9.59 Å². The normalized spacial score (nSPS) is 11.7. The average molecular weight is 256 g/mol. The van der Waals surface area contributed by atoms with Gasteiger partial charge >= 0.3 is 11.9 Å². The van der Waals surface area contributed by atoms with Crippen molar-refractivity contribution in [3.05, 3.63) is 18.1 Å². The Labute approximate surface area is 103 Å². The molecule has 7 heteroatoms. The molecule has 0 N–H and O–H groups in total. The quantitative estimate of drug-likeness (QED) is 0.451. The Kier molecular flexibility index (Phi) is 4.89. The van der Waals surface area contributed by atoms with E-state index in [2.05, 4.69) is 14.7 Å². The second-order valence-electron chi connectivity index (χ2n) is 3.00. The molecule has 1 atom stereocenters. The minimum Gasteiger partial charge on any atom is -0.466 e. The number of esters is 2. The molecule has 92 valence electrons. The maximum Gasteiger partial charge on any atom is 0.353 e. The molecule has 6 nitrogen and oxygen atoms in total. The first-order valence-corrected chi connectivity index (χ1v) is 5.92. The number of nitrogens with zero attached hydrogens (tertiary/aromatic N) is 2. The molecule has 0 radical (unpaired) electrons. The van der Waals surface area contributed by atoms with E-state index in [1.165, 1.54) is 32.1 Å². The molecule has 0 saturated heterocycles. The van der Waals surface area contributed by atoms with Crippen molar-refractivity contribution in [2.24, 2.45) is 0 Å². The molecule has 1 aromatic heterocycles. The van der Waals surface area contributed by atoms with Crippen molar-refractivity contribution in [2.45, 2.75) is 18.1 Å². The van der Waals surface area contributed by atoms with Crippen LogP contribution in [0.2, 0.25) is 0 Å². The highest BCUT2D eigenvalue weighted by molar-refractivity contribution is 7.98. The lowest BCUT2D eigenvalue weighted by atomic mass is 10.2. The molecule has 0 spiro atoms. The topological polar surface area (TPSA) is 78.4 Å². The number of carbonyl (C=O) groups is 2. The van der Waals surface area contributed by atoms with E-state index >= 15 is 0 Å². The Morgan fingerprint density at radius 3 is 2.65 bits per heavy atom. The summed E-state index contributed by atoms with van der Waals surface area (Å²) in [4.78, 5) is 30.3. The zero-order valence-corrected chi connectivity index (χ0v) is 10.5. The minimum absolute atomic E-state index is 0.298. The monoisotopic (exact) mass is 256 g/mol. The lowest BCUT2D eigenvalue weighted by molar-refractivity contribution is -0.165. The molecular formula is C10H12N2O4S. The van der Waals surface area contributed by atoms with Crippen LogP contribution >= 0.6 is 11.8 Å². The van der Waals surface area contributed by atoms with E-state index in [4.69, 9.17) is 4.74 Å². The van der Waals surface area contributed by atoms with E-state index in [-0.39, 0.29) is 0 Å².